The van der Waals surface area contributed by atoms with E-state index in [2.05, 4.69) is 27.3 Å². The fourth-order valence-corrected chi connectivity index (χ4v) is 2.31. The molecular formula is C14H21N3O. The van der Waals surface area contributed by atoms with Crippen LogP contribution in [0.3, 0.4) is 0 Å². The Kier molecular flexibility index (Phi) is 3.41. The lowest BCUT2D eigenvalue weighted by atomic mass is 10.1. The number of hydrogen-bond donors (Lipinski definition) is 1. The number of aliphatic hydroxyl groups is 1. The Hall–Kier alpha value is -1.39. The standard InChI is InChI=1S/C14H21N3O/c1-11-6-5-7-17-12(8-15-13(11)17)9-16(4)10-14(2,3)18/h5-8,18H,9-10H2,1-4H3. The van der Waals surface area contributed by atoms with Crippen molar-refractivity contribution in [3.05, 3.63) is 35.8 Å². The normalized spacial score (nSPS) is 12.6. The van der Waals surface area contributed by atoms with E-state index >= 15 is 0 Å². The van der Waals surface area contributed by atoms with E-state index in [1.807, 2.05) is 39.4 Å². The topological polar surface area (TPSA) is 40.8 Å². The lowest BCUT2D eigenvalue weighted by Gasteiger charge is -2.25. The molecule has 0 unspecified atom stereocenters. The molecule has 4 heteroatoms. The second kappa shape index (κ2) is 4.71. The van der Waals surface area contributed by atoms with E-state index in [1.165, 1.54) is 5.56 Å². The summed E-state index contributed by atoms with van der Waals surface area (Å²) in [6.07, 6.45) is 3.94. The number of nitrogens with zero attached hydrogens (tertiary/aromatic N) is 3. The summed E-state index contributed by atoms with van der Waals surface area (Å²) in [6.45, 7) is 7.11. The zero-order valence-corrected chi connectivity index (χ0v) is 11.5. The summed E-state index contributed by atoms with van der Waals surface area (Å²) in [5.74, 6) is 0. The first kappa shape index (κ1) is 13.1. The van der Waals surface area contributed by atoms with E-state index in [0.717, 1.165) is 17.9 Å². The maximum Gasteiger partial charge on any atom is 0.139 e. The molecule has 2 rings (SSSR count). The lowest BCUT2D eigenvalue weighted by Crippen LogP contribution is -2.36. The highest BCUT2D eigenvalue weighted by atomic mass is 16.3. The number of fused-ring (bicyclic) bond motifs is 1. The van der Waals surface area contributed by atoms with Crippen molar-refractivity contribution >= 4 is 5.65 Å². The predicted molar refractivity (Wildman–Crippen MR) is 72.6 cm³/mol. The molecule has 0 saturated carbocycles. The monoisotopic (exact) mass is 247 g/mol. The van der Waals surface area contributed by atoms with Crippen LogP contribution in [0.15, 0.2) is 24.5 Å². The average molecular weight is 247 g/mol. The van der Waals surface area contributed by atoms with Crippen molar-refractivity contribution in [3.8, 4) is 0 Å². The Balaban J connectivity index is 2.20. The third-order valence-corrected chi connectivity index (χ3v) is 2.90. The largest absolute Gasteiger partial charge is 0.389 e. The van der Waals surface area contributed by atoms with Crippen LogP contribution >= 0.6 is 0 Å². The molecule has 0 atom stereocenters. The van der Waals surface area contributed by atoms with Gasteiger partial charge < -0.3 is 9.51 Å². The Bertz CT molecular complexity index is 539. The molecule has 18 heavy (non-hydrogen) atoms. The van der Waals surface area contributed by atoms with Crippen molar-refractivity contribution in [3.63, 3.8) is 0 Å². The van der Waals surface area contributed by atoms with E-state index in [9.17, 15) is 5.11 Å². The zero-order chi connectivity index (χ0) is 13.3. The molecule has 98 valence electrons. The van der Waals surface area contributed by atoms with Crippen LogP contribution in [-0.4, -0.2) is 38.6 Å². The Morgan fingerprint density at radius 2 is 2.17 bits per heavy atom. The first-order valence-electron chi connectivity index (χ1n) is 6.19. The van der Waals surface area contributed by atoms with Gasteiger partial charge in [0.25, 0.3) is 0 Å². The number of likely N-dealkylation sites (N-methyl/N-ethyl adjacent to an activating group) is 1. The van der Waals surface area contributed by atoms with Crippen molar-refractivity contribution in [2.45, 2.75) is 32.9 Å². The minimum absolute atomic E-state index is 0.631. The fraction of sp³-hybridized carbons (Fsp3) is 0.500. The molecule has 0 spiro atoms. The van der Waals surface area contributed by atoms with Gasteiger partial charge in [0, 0.05) is 19.3 Å². The summed E-state index contributed by atoms with van der Waals surface area (Å²) < 4.78 is 2.11. The minimum Gasteiger partial charge on any atom is -0.389 e. The van der Waals surface area contributed by atoms with Crippen LogP contribution in [0.4, 0.5) is 0 Å². The van der Waals surface area contributed by atoms with Crippen LogP contribution in [0.5, 0.6) is 0 Å². The molecule has 0 saturated heterocycles. The highest BCUT2D eigenvalue weighted by Crippen LogP contribution is 2.13. The molecule has 0 aliphatic rings. The van der Waals surface area contributed by atoms with Gasteiger partial charge in [0.15, 0.2) is 0 Å². The smallest absolute Gasteiger partial charge is 0.139 e. The van der Waals surface area contributed by atoms with Gasteiger partial charge in [-0.1, -0.05) is 6.07 Å². The number of hydrogen-bond acceptors (Lipinski definition) is 3. The molecule has 0 radical (unpaired) electrons. The van der Waals surface area contributed by atoms with E-state index in [4.69, 9.17) is 0 Å². The van der Waals surface area contributed by atoms with Crippen molar-refractivity contribution in [1.29, 1.82) is 0 Å². The van der Waals surface area contributed by atoms with E-state index in [1.54, 1.807) is 0 Å². The van der Waals surface area contributed by atoms with Crippen molar-refractivity contribution in [2.75, 3.05) is 13.6 Å². The highest BCUT2D eigenvalue weighted by Gasteiger charge is 2.16. The molecule has 0 aliphatic heterocycles. The molecule has 2 heterocycles. The van der Waals surface area contributed by atoms with Crippen LogP contribution < -0.4 is 0 Å². The van der Waals surface area contributed by atoms with Gasteiger partial charge in [-0.15, -0.1) is 0 Å². The van der Waals surface area contributed by atoms with Crippen molar-refractivity contribution in [2.24, 2.45) is 0 Å². The minimum atomic E-state index is -0.675. The average Bonchev–Trinajstić information content (AvgIpc) is 2.60. The number of imidazole rings is 1. The van der Waals surface area contributed by atoms with E-state index < -0.39 is 5.60 Å². The molecule has 0 aliphatic carbocycles. The van der Waals surface area contributed by atoms with Crippen LogP contribution in [0.1, 0.15) is 25.1 Å². The Morgan fingerprint density at radius 1 is 1.44 bits per heavy atom. The van der Waals surface area contributed by atoms with Gasteiger partial charge in [-0.25, -0.2) is 4.98 Å². The van der Waals surface area contributed by atoms with Gasteiger partial charge in [0.05, 0.1) is 17.5 Å². The number of aryl methyl sites for hydroxylation is 1. The maximum absolute atomic E-state index is 9.81. The third kappa shape index (κ3) is 2.89. The second-order valence-electron chi connectivity index (χ2n) is 5.62. The molecular weight excluding hydrogens is 226 g/mol. The molecule has 0 bridgehead atoms. The van der Waals surface area contributed by atoms with Gasteiger partial charge in [0.1, 0.15) is 5.65 Å². The van der Waals surface area contributed by atoms with Crippen molar-refractivity contribution in [1.82, 2.24) is 14.3 Å². The van der Waals surface area contributed by atoms with Gasteiger partial charge in [-0.2, -0.15) is 0 Å². The summed E-state index contributed by atoms with van der Waals surface area (Å²) in [4.78, 5) is 6.54. The second-order valence-corrected chi connectivity index (χ2v) is 5.62. The van der Waals surface area contributed by atoms with Crippen LogP contribution in [-0.2, 0) is 6.54 Å². The van der Waals surface area contributed by atoms with E-state index in [-0.39, 0.29) is 0 Å². The number of rotatable bonds is 4. The van der Waals surface area contributed by atoms with Gasteiger partial charge in [-0.05, 0) is 39.4 Å². The third-order valence-electron chi connectivity index (χ3n) is 2.90. The molecule has 4 nitrogen and oxygen atoms in total. The van der Waals surface area contributed by atoms with Gasteiger partial charge in [0.2, 0.25) is 0 Å². The SMILES string of the molecule is Cc1cccn2c(CN(C)CC(C)(C)O)cnc12. The van der Waals surface area contributed by atoms with Crippen LogP contribution in [0.25, 0.3) is 5.65 Å². The number of aromatic nitrogens is 2. The molecule has 0 amide bonds. The highest BCUT2D eigenvalue weighted by molar-refractivity contribution is 5.48. The summed E-state index contributed by atoms with van der Waals surface area (Å²) in [6, 6.07) is 4.09. The Labute approximate surface area is 108 Å². The quantitative estimate of drug-likeness (QED) is 0.896. The fourth-order valence-electron chi connectivity index (χ4n) is 2.31. The molecule has 0 fully saturated rings. The zero-order valence-electron chi connectivity index (χ0n) is 11.5. The van der Waals surface area contributed by atoms with Crippen molar-refractivity contribution < 1.29 is 5.11 Å². The first-order valence-corrected chi connectivity index (χ1v) is 6.19. The summed E-state index contributed by atoms with van der Waals surface area (Å²) in [7, 11) is 2.01. The summed E-state index contributed by atoms with van der Waals surface area (Å²) in [5.41, 5.74) is 2.64. The molecule has 0 aromatic carbocycles. The molecule has 2 aromatic rings. The summed E-state index contributed by atoms with van der Waals surface area (Å²) in [5, 5.41) is 9.81. The first-order chi connectivity index (χ1) is 8.37. The predicted octanol–water partition coefficient (Wildman–Crippen LogP) is 1.85. The van der Waals surface area contributed by atoms with Gasteiger partial charge in [-0.3, -0.25) is 4.90 Å². The van der Waals surface area contributed by atoms with Gasteiger partial charge >= 0.3 is 0 Å². The summed E-state index contributed by atoms with van der Waals surface area (Å²) >= 11 is 0. The van der Waals surface area contributed by atoms with Crippen LogP contribution in [0.2, 0.25) is 0 Å². The van der Waals surface area contributed by atoms with Crippen LogP contribution in [0, 0.1) is 6.92 Å². The Morgan fingerprint density at radius 3 is 2.83 bits per heavy atom. The maximum atomic E-state index is 9.81. The van der Waals surface area contributed by atoms with E-state index in [0.29, 0.717) is 6.54 Å². The lowest BCUT2D eigenvalue weighted by molar-refractivity contribution is 0.0421. The molecule has 1 N–H and O–H groups in total. The number of pyridine rings is 1. The molecule has 2 aromatic heterocycles.